The van der Waals surface area contributed by atoms with Gasteiger partial charge in [-0.15, -0.1) is 0 Å². The Morgan fingerprint density at radius 3 is 1.98 bits per heavy atom. The first-order chi connectivity index (χ1) is 22.3. The normalized spacial score (nSPS) is 41.2. The van der Waals surface area contributed by atoms with Gasteiger partial charge in [-0.05, 0) is 104 Å². The van der Waals surface area contributed by atoms with Gasteiger partial charge in [-0.3, -0.25) is 19.2 Å². The van der Waals surface area contributed by atoms with Crippen molar-refractivity contribution in [2.75, 3.05) is 26.3 Å². The minimum Gasteiger partial charge on any atom is -0.464 e. The van der Waals surface area contributed by atoms with E-state index in [9.17, 15) is 19.2 Å². The molecule has 0 bridgehead atoms. The number of nitrogens with zero attached hydrogens (tertiary/aromatic N) is 1. The summed E-state index contributed by atoms with van der Waals surface area (Å²) in [4.78, 5) is 52.1. The van der Waals surface area contributed by atoms with Crippen LogP contribution in [0.4, 0.5) is 0 Å². The van der Waals surface area contributed by atoms with Crippen LogP contribution in [-0.4, -0.2) is 61.1 Å². The second-order valence-corrected chi connectivity index (χ2v) is 17.7. The van der Waals surface area contributed by atoms with Gasteiger partial charge in [0, 0.05) is 26.2 Å². The molecule has 10 atom stereocenters. The molecule has 0 aliphatic heterocycles. The first kappa shape index (κ1) is 36.9. The van der Waals surface area contributed by atoms with Gasteiger partial charge in [0.05, 0.1) is 18.5 Å². The maximum Gasteiger partial charge on any atom is 0.302 e. The second kappa shape index (κ2) is 13.1. The standard InChI is InChI=1S/C40H63NO7/c1-25-13-18-40(35(45)41(21-23-46-27(3)42)22-24-47-28(4)43)20-19-38(9)30(34(40)26(25)2)11-12-32-37(8)16-15-33(48-29(5)44)36(6,7)31(37)14-17-39(32,38)10/h11,25-26,31-34H,12-24H2,1-10H3/t25-,26+,31+,32-,33+,34+,37+,38-,39-,40+/m1/s1. The maximum absolute atomic E-state index is 15.0. The molecule has 0 N–H and O–H groups in total. The number of esters is 3. The van der Waals surface area contributed by atoms with E-state index in [2.05, 4.69) is 54.5 Å². The van der Waals surface area contributed by atoms with E-state index in [4.69, 9.17) is 14.2 Å². The van der Waals surface area contributed by atoms with Gasteiger partial charge < -0.3 is 19.1 Å². The predicted molar refractivity (Wildman–Crippen MR) is 184 cm³/mol. The van der Waals surface area contributed by atoms with Crippen LogP contribution < -0.4 is 0 Å². The van der Waals surface area contributed by atoms with Crippen molar-refractivity contribution < 1.29 is 33.4 Å². The Bertz CT molecular complexity index is 1300. The van der Waals surface area contributed by atoms with Gasteiger partial charge in [0.2, 0.25) is 5.91 Å². The first-order valence-corrected chi connectivity index (χ1v) is 18.8. The summed E-state index contributed by atoms with van der Waals surface area (Å²) >= 11 is 0. The fraction of sp³-hybridized carbons (Fsp3) is 0.850. The third-order valence-electron chi connectivity index (χ3n) is 15.3. The summed E-state index contributed by atoms with van der Waals surface area (Å²) in [5, 5.41) is 0. The van der Waals surface area contributed by atoms with Crippen LogP contribution in [0.25, 0.3) is 0 Å². The highest BCUT2D eigenvalue weighted by atomic mass is 16.5. The monoisotopic (exact) mass is 669 g/mol. The number of allylic oxidation sites excluding steroid dienone is 2. The van der Waals surface area contributed by atoms with Crippen LogP contribution in [-0.2, 0) is 33.4 Å². The van der Waals surface area contributed by atoms with Gasteiger partial charge in [-0.2, -0.15) is 0 Å². The van der Waals surface area contributed by atoms with Crippen molar-refractivity contribution in [3.8, 4) is 0 Å². The molecule has 0 unspecified atom stereocenters. The molecule has 4 saturated carbocycles. The lowest BCUT2D eigenvalue weighted by molar-refractivity contribution is -0.213. The molecule has 270 valence electrons. The zero-order valence-electron chi connectivity index (χ0n) is 31.5. The highest BCUT2D eigenvalue weighted by Gasteiger charge is 2.70. The highest BCUT2D eigenvalue weighted by Crippen LogP contribution is 2.76. The minimum absolute atomic E-state index is 0.0269. The molecular formula is C40H63NO7. The zero-order valence-corrected chi connectivity index (χ0v) is 31.5. The molecule has 0 radical (unpaired) electrons. The molecule has 5 aliphatic carbocycles. The van der Waals surface area contributed by atoms with Gasteiger partial charge in [-0.25, -0.2) is 0 Å². The Morgan fingerprint density at radius 2 is 1.40 bits per heavy atom. The van der Waals surface area contributed by atoms with E-state index in [0.29, 0.717) is 23.7 Å². The number of hydrogen-bond acceptors (Lipinski definition) is 7. The van der Waals surface area contributed by atoms with E-state index in [-0.39, 0.29) is 83.8 Å². The van der Waals surface area contributed by atoms with Gasteiger partial charge in [0.1, 0.15) is 19.3 Å². The Balaban J connectivity index is 1.51. The molecule has 0 aromatic rings. The fourth-order valence-corrected chi connectivity index (χ4v) is 12.5. The summed E-state index contributed by atoms with van der Waals surface area (Å²) in [6.07, 6.45) is 11.5. The van der Waals surface area contributed by atoms with Gasteiger partial charge >= 0.3 is 17.9 Å². The maximum atomic E-state index is 15.0. The van der Waals surface area contributed by atoms with E-state index in [1.165, 1.54) is 26.3 Å². The van der Waals surface area contributed by atoms with Gasteiger partial charge in [-0.1, -0.05) is 60.1 Å². The lowest BCUT2D eigenvalue weighted by Gasteiger charge is -2.71. The zero-order chi connectivity index (χ0) is 35.4. The largest absolute Gasteiger partial charge is 0.464 e. The first-order valence-electron chi connectivity index (χ1n) is 18.8. The minimum atomic E-state index is -0.530. The van der Waals surface area contributed by atoms with Crippen LogP contribution in [0.2, 0.25) is 0 Å². The van der Waals surface area contributed by atoms with E-state index >= 15 is 0 Å². The number of ether oxygens (including phenoxy) is 3. The average molecular weight is 670 g/mol. The second-order valence-electron chi connectivity index (χ2n) is 17.7. The van der Waals surface area contributed by atoms with Crippen LogP contribution in [0.1, 0.15) is 127 Å². The third kappa shape index (κ3) is 5.83. The summed E-state index contributed by atoms with van der Waals surface area (Å²) in [6, 6.07) is 0. The van der Waals surface area contributed by atoms with Gasteiger partial charge in [0.15, 0.2) is 0 Å². The van der Waals surface area contributed by atoms with E-state index in [1.54, 1.807) is 0 Å². The number of carbonyl (C=O) groups excluding carboxylic acids is 4. The molecule has 8 heteroatoms. The summed E-state index contributed by atoms with van der Waals surface area (Å²) in [5.41, 5.74) is 1.09. The molecule has 0 aromatic heterocycles. The van der Waals surface area contributed by atoms with Crippen LogP contribution in [0, 0.1) is 56.7 Å². The van der Waals surface area contributed by atoms with Crippen LogP contribution in [0.5, 0.6) is 0 Å². The van der Waals surface area contributed by atoms with Crippen molar-refractivity contribution >= 4 is 23.8 Å². The molecular weight excluding hydrogens is 606 g/mol. The summed E-state index contributed by atoms with van der Waals surface area (Å²) in [5.74, 6) is 1.19. The molecule has 1 amide bonds. The summed E-state index contributed by atoms with van der Waals surface area (Å²) in [6.45, 7) is 22.2. The van der Waals surface area contributed by atoms with Gasteiger partial charge in [0.25, 0.3) is 0 Å². The van der Waals surface area contributed by atoms with Crippen molar-refractivity contribution in [2.24, 2.45) is 56.7 Å². The molecule has 0 heterocycles. The van der Waals surface area contributed by atoms with Crippen molar-refractivity contribution in [1.29, 1.82) is 0 Å². The molecule has 4 fully saturated rings. The smallest absolute Gasteiger partial charge is 0.302 e. The summed E-state index contributed by atoms with van der Waals surface area (Å²) in [7, 11) is 0. The average Bonchev–Trinajstić information content (AvgIpc) is 2.99. The third-order valence-corrected chi connectivity index (χ3v) is 15.3. The summed E-state index contributed by atoms with van der Waals surface area (Å²) < 4.78 is 16.5. The van der Waals surface area contributed by atoms with Crippen molar-refractivity contribution in [2.45, 2.75) is 133 Å². The SMILES string of the molecule is CC(=O)OCCN(CCOC(C)=O)C(=O)[C@]12CC[C@@H](C)[C@H](C)[C@H]1C1=CC[C@@H]3[C@@]4(C)CC[C@H](OC(C)=O)C(C)(C)[C@@H]4CC[C@@]3(C)[C@]1(C)CC2. The van der Waals surface area contributed by atoms with E-state index < -0.39 is 5.41 Å². The Hall–Kier alpha value is -2.38. The predicted octanol–water partition coefficient (Wildman–Crippen LogP) is 7.53. The lowest BCUT2D eigenvalue weighted by atomic mass is 9.33. The molecule has 0 saturated heterocycles. The number of amides is 1. The lowest BCUT2D eigenvalue weighted by Crippen LogP contribution is -2.66. The quantitative estimate of drug-likeness (QED) is 0.150. The van der Waals surface area contributed by atoms with Crippen LogP contribution in [0.15, 0.2) is 11.6 Å². The Labute approximate surface area is 289 Å². The topological polar surface area (TPSA) is 99.2 Å². The van der Waals surface area contributed by atoms with Crippen molar-refractivity contribution in [3.63, 3.8) is 0 Å². The number of carbonyl (C=O) groups is 4. The number of fused-ring (bicyclic) bond motifs is 7. The fourth-order valence-electron chi connectivity index (χ4n) is 12.5. The van der Waals surface area contributed by atoms with Crippen LogP contribution in [0.3, 0.4) is 0 Å². The number of rotatable bonds is 8. The highest BCUT2D eigenvalue weighted by molar-refractivity contribution is 5.84. The van der Waals surface area contributed by atoms with E-state index in [0.717, 1.165) is 57.8 Å². The van der Waals surface area contributed by atoms with Crippen molar-refractivity contribution in [3.05, 3.63) is 11.6 Å². The Kier molecular flexibility index (Phi) is 10.0. The molecule has 8 nitrogen and oxygen atoms in total. The number of hydrogen-bond donors (Lipinski definition) is 0. The molecule has 0 aromatic carbocycles. The molecule has 48 heavy (non-hydrogen) atoms. The molecule has 5 rings (SSSR count). The van der Waals surface area contributed by atoms with Crippen LogP contribution >= 0.6 is 0 Å². The Morgan fingerprint density at radius 1 is 0.771 bits per heavy atom. The molecule has 0 spiro atoms. The van der Waals surface area contributed by atoms with Crippen molar-refractivity contribution in [1.82, 2.24) is 4.90 Å². The van der Waals surface area contributed by atoms with E-state index in [1.807, 2.05) is 4.90 Å². The molecule has 5 aliphatic rings.